The standard InChI is InChI=1S/C52H34N2O/c1-2-11-34(12-3-1)53-45-18-8-5-14-38(45)41-29-33(23-26-46(41)53)32-21-24-35(25-22-32)54-47-19-10-16-40-36-27-28-52(51(40)47,43-17-7-4-13-37(36)43)44-30-42-39-15-6-9-20-49(39)55-50(42)31-48(44)54/h1-26,29-31,36H,27-28H2. The van der Waals surface area contributed by atoms with Gasteiger partial charge >= 0.3 is 0 Å². The molecule has 8 aromatic carbocycles. The van der Waals surface area contributed by atoms with Crippen molar-refractivity contribution in [3.05, 3.63) is 204 Å². The van der Waals surface area contributed by atoms with Crippen molar-refractivity contribution in [2.24, 2.45) is 0 Å². The Hall–Kier alpha value is -6.84. The van der Waals surface area contributed by atoms with Crippen LogP contribution < -0.4 is 4.90 Å². The maximum atomic E-state index is 6.59. The summed E-state index contributed by atoms with van der Waals surface area (Å²) in [6, 6.07) is 65.1. The molecule has 3 heterocycles. The van der Waals surface area contributed by atoms with Crippen LogP contribution in [-0.2, 0) is 5.41 Å². The molecule has 0 N–H and O–H groups in total. The summed E-state index contributed by atoms with van der Waals surface area (Å²) >= 11 is 0. The van der Waals surface area contributed by atoms with E-state index in [-0.39, 0.29) is 5.41 Å². The molecule has 0 saturated carbocycles. The number of fused-ring (bicyclic) bond motifs is 8. The summed E-state index contributed by atoms with van der Waals surface area (Å²) < 4.78 is 8.97. The zero-order chi connectivity index (χ0) is 35.8. The molecule has 2 atom stereocenters. The van der Waals surface area contributed by atoms with E-state index in [4.69, 9.17) is 4.42 Å². The molecule has 4 aliphatic rings. The second-order valence-corrected chi connectivity index (χ2v) is 15.6. The van der Waals surface area contributed by atoms with Crippen LogP contribution in [0.2, 0.25) is 0 Å². The number of hydrogen-bond acceptors (Lipinski definition) is 2. The van der Waals surface area contributed by atoms with E-state index >= 15 is 0 Å². The Bertz CT molecular complexity index is 3220. The van der Waals surface area contributed by atoms with Gasteiger partial charge in [0.15, 0.2) is 0 Å². The second-order valence-electron chi connectivity index (χ2n) is 15.6. The average Bonchev–Trinajstić information content (AvgIpc) is 3.79. The van der Waals surface area contributed by atoms with Crippen LogP contribution in [0.25, 0.3) is 60.6 Å². The normalized spacial score (nSPS) is 17.9. The van der Waals surface area contributed by atoms with E-state index < -0.39 is 0 Å². The molecule has 14 rings (SSSR count). The summed E-state index contributed by atoms with van der Waals surface area (Å²) in [6.07, 6.45) is 2.25. The highest BCUT2D eigenvalue weighted by atomic mass is 16.3. The summed E-state index contributed by atoms with van der Waals surface area (Å²) in [4.78, 5) is 2.51. The minimum absolute atomic E-state index is 0.218. The van der Waals surface area contributed by atoms with Crippen molar-refractivity contribution in [3.8, 4) is 16.8 Å². The number of furan rings is 1. The van der Waals surface area contributed by atoms with Gasteiger partial charge in [-0.25, -0.2) is 0 Å². The van der Waals surface area contributed by atoms with Gasteiger partial charge < -0.3 is 13.9 Å². The highest BCUT2D eigenvalue weighted by Crippen LogP contribution is 2.66. The lowest BCUT2D eigenvalue weighted by atomic mass is 9.51. The lowest BCUT2D eigenvalue weighted by Gasteiger charge is -2.55. The van der Waals surface area contributed by atoms with Gasteiger partial charge in [-0.15, -0.1) is 0 Å². The number of nitrogens with zero attached hydrogens (tertiary/aromatic N) is 2. The Morgan fingerprint density at radius 3 is 2.13 bits per heavy atom. The molecule has 3 aliphatic carbocycles. The summed E-state index contributed by atoms with van der Waals surface area (Å²) in [6.45, 7) is 0. The maximum Gasteiger partial charge on any atom is 0.137 e. The Kier molecular flexibility index (Phi) is 5.73. The van der Waals surface area contributed by atoms with Crippen LogP contribution in [0.3, 0.4) is 0 Å². The maximum absolute atomic E-state index is 6.59. The highest BCUT2D eigenvalue weighted by Gasteiger charge is 2.54. The molecule has 0 saturated heterocycles. The SMILES string of the molecule is c1ccc(-n2c3ccccc3c3cc(-c4ccc(N5c6cc7oc8ccccc8c7cc6C67CCC(c8ccccc86)c6cccc5c67)cc4)ccc32)cc1. The van der Waals surface area contributed by atoms with Crippen LogP contribution >= 0.6 is 0 Å². The van der Waals surface area contributed by atoms with Gasteiger partial charge in [0.1, 0.15) is 11.2 Å². The first-order valence-electron chi connectivity index (χ1n) is 19.4. The summed E-state index contributed by atoms with van der Waals surface area (Å²) in [7, 11) is 0. The fraction of sp³-hybridized carbons (Fsp3) is 0.0769. The van der Waals surface area contributed by atoms with Crippen LogP contribution in [0, 0.1) is 0 Å². The van der Waals surface area contributed by atoms with Crippen molar-refractivity contribution in [2.45, 2.75) is 24.2 Å². The first-order valence-corrected chi connectivity index (χ1v) is 19.4. The number of hydrogen-bond donors (Lipinski definition) is 0. The number of aromatic nitrogens is 1. The van der Waals surface area contributed by atoms with Crippen molar-refractivity contribution in [2.75, 3.05) is 4.90 Å². The second kappa shape index (κ2) is 10.6. The van der Waals surface area contributed by atoms with Crippen molar-refractivity contribution < 1.29 is 4.42 Å². The molecular formula is C52H34N2O. The molecular weight excluding hydrogens is 669 g/mol. The zero-order valence-electron chi connectivity index (χ0n) is 30.0. The molecule has 2 unspecified atom stereocenters. The minimum Gasteiger partial charge on any atom is -0.456 e. The number of anilines is 3. The van der Waals surface area contributed by atoms with E-state index in [1.165, 1.54) is 88.6 Å². The molecule has 0 fully saturated rings. The van der Waals surface area contributed by atoms with Gasteiger partial charge in [-0.1, -0.05) is 109 Å². The molecule has 258 valence electrons. The van der Waals surface area contributed by atoms with Gasteiger partial charge in [-0.05, 0) is 112 Å². The van der Waals surface area contributed by atoms with Gasteiger partial charge in [0.05, 0.1) is 22.4 Å². The smallest absolute Gasteiger partial charge is 0.137 e. The molecule has 0 amide bonds. The molecule has 10 aromatic rings. The van der Waals surface area contributed by atoms with E-state index in [1.54, 1.807) is 0 Å². The molecule has 1 spiro atoms. The average molecular weight is 703 g/mol. The summed E-state index contributed by atoms with van der Waals surface area (Å²) in [5.41, 5.74) is 18.6. The molecule has 55 heavy (non-hydrogen) atoms. The predicted molar refractivity (Wildman–Crippen MR) is 226 cm³/mol. The van der Waals surface area contributed by atoms with E-state index in [1.807, 2.05) is 0 Å². The third-order valence-corrected chi connectivity index (χ3v) is 13.1. The lowest BCUT2D eigenvalue weighted by molar-refractivity contribution is 0.425. The van der Waals surface area contributed by atoms with E-state index in [9.17, 15) is 0 Å². The monoisotopic (exact) mass is 702 g/mol. The topological polar surface area (TPSA) is 21.3 Å². The van der Waals surface area contributed by atoms with Crippen molar-refractivity contribution >= 4 is 60.8 Å². The van der Waals surface area contributed by atoms with E-state index in [2.05, 4.69) is 185 Å². The Morgan fingerprint density at radius 1 is 0.473 bits per heavy atom. The third-order valence-electron chi connectivity index (χ3n) is 13.1. The highest BCUT2D eigenvalue weighted by molar-refractivity contribution is 6.11. The van der Waals surface area contributed by atoms with Gasteiger partial charge in [0.2, 0.25) is 0 Å². The molecule has 0 radical (unpaired) electrons. The third kappa shape index (κ3) is 3.80. The number of rotatable bonds is 3. The van der Waals surface area contributed by atoms with E-state index in [0.717, 1.165) is 29.7 Å². The van der Waals surface area contributed by atoms with Gasteiger partial charge in [0, 0.05) is 50.3 Å². The number of benzene rings is 8. The fourth-order valence-electron chi connectivity index (χ4n) is 10.8. The van der Waals surface area contributed by atoms with Gasteiger partial charge in [-0.3, -0.25) is 0 Å². The Morgan fingerprint density at radius 2 is 1.22 bits per heavy atom. The molecule has 2 aromatic heterocycles. The first-order chi connectivity index (χ1) is 27.3. The van der Waals surface area contributed by atoms with Crippen LogP contribution in [0.15, 0.2) is 180 Å². The Balaban J connectivity index is 1.01. The Labute approximate surface area is 318 Å². The van der Waals surface area contributed by atoms with Crippen LogP contribution in [0.5, 0.6) is 0 Å². The molecule has 2 bridgehead atoms. The zero-order valence-corrected chi connectivity index (χ0v) is 30.0. The largest absolute Gasteiger partial charge is 0.456 e. The van der Waals surface area contributed by atoms with Crippen molar-refractivity contribution in [1.82, 2.24) is 4.57 Å². The van der Waals surface area contributed by atoms with Crippen molar-refractivity contribution in [1.29, 1.82) is 0 Å². The van der Waals surface area contributed by atoms with Crippen molar-refractivity contribution in [3.63, 3.8) is 0 Å². The first kappa shape index (κ1) is 29.6. The summed E-state index contributed by atoms with van der Waals surface area (Å²) in [5, 5.41) is 4.89. The van der Waals surface area contributed by atoms with Crippen LogP contribution in [0.4, 0.5) is 17.1 Å². The van der Waals surface area contributed by atoms with Crippen LogP contribution in [-0.4, -0.2) is 4.57 Å². The van der Waals surface area contributed by atoms with E-state index in [0.29, 0.717) is 5.92 Å². The number of para-hydroxylation sites is 3. The molecule has 3 heteroatoms. The van der Waals surface area contributed by atoms with Gasteiger partial charge in [0.25, 0.3) is 0 Å². The van der Waals surface area contributed by atoms with Crippen LogP contribution in [0.1, 0.15) is 46.6 Å². The minimum atomic E-state index is -0.218. The summed E-state index contributed by atoms with van der Waals surface area (Å²) in [5.74, 6) is 0.417. The predicted octanol–water partition coefficient (Wildman–Crippen LogP) is 13.7. The fourth-order valence-corrected chi connectivity index (χ4v) is 10.8. The lowest BCUT2D eigenvalue weighted by Crippen LogP contribution is -2.45. The molecule has 1 aliphatic heterocycles. The quantitative estimate of drug-likeness (QED) is 0.183. The van der Waals surface area contributed by atoms with Gasteiger partial charge in [-0.2, -0.15) is 0 Å². The molecule has 3 nitrogen and oxygen atoms in total.